The molecule has 1 amide bonds. The van der Waals surface area contributed by atoms with E-state index in [1.165, 1.54) is 0 Å². The second kappa shape index (κ2) is 9.54. The standard InChI is InChI=1S/C24H29NO3/c1-18-10-9-11-19(2)25(18)23(26)17-28-24(27)16-22(20-12-5-3-6-13-20)21-14-7-4-8-15-21/h3-8,12-15,18-19,22H,9-11,16-17H2,1-2H3. The van der Waals surface area contributed by atoms with Gasteiger partial charge < -0.3 is 9.64 Å². The maximum absolute atomic E-state index is 12.6. The van der Waals surface area contributed by atoms with Crippen molar-refractivity contribution in [2.75, 3.05) is 6.61 Å². The van der Waals surface area contributed by atoms with E-state index in [9.17, 15) is 9.59 Å². The molecular formula is C24H29NO3. The number of nitrogens with zero attached hydrogens (tertiary/aromatic N) is 1. The minimum atomic E-state index is -0.344. The van der Waals surface area contributed by atoms with Gasteiger partial charge in [0.25, 0.3) is 5.91 Å². The smallest absolute Gasteiger partial charge is 0.307 e. The first kappa shape index (κ1) is 20.1. The van der Waals surface area contributed by atoms with E-state index in [1.807, 2.05) is 65.6 Å². The van der Waals surface area contributed by atoms with Gasteiger partial charge in [0.2, 0.25) is 0 Å². The average Bonchev–Trinajstić information content (AvgIpc) is 2.71. The molecule has 4 nitrogen and oxygen atoms in total. The number of hydrogen-bond acceptors (Lipinski definition) is 3. The number of carbonyl (C=O) groups is 2. The van der Waals surface area contributed by atoms with Crippen molar-refractivity contribution < 1.29 is 14.3 Å². The summed E-state index contributed by atoms with van der Waals surface area (Å²) >= 11 is 0. The molecule has 1 aliphatic heterocycles. The molecule has 1 aliphatic rings. The summed E-state index contributed by atoms with van der Waals surface area (Å²) in [5, 5.41) is 0. The number of hydrogen-bond donors (Lipinski definition) is 0. The monoisotopic (exact) mass is 379 g/mol. The predicted octanol–water partition coefficient (Wildman–Crippen LogP) is 4.54. The Hall–Kier alpha value is -2.62. The Labute approximate surface area is 167 Å². The molecule has 2 atom stereocenters. The number of benzene rings is 2. The number of likely N-dealkylation sites (tertiary alicyclic amines) is 1. The van der Waals surface area contributed by atoms with E-state index in [0.717, 1.165) is 30.4 Å². The number of piperidine rings is 1. The minimum absolute atomic E-state index is 0.0853. The van der Waals surface area contributed by atoms with Gasteiger partial charge >= 0.3 is 5.97 Å². The van der Waals surface area contributed by atoms with Crippen LogP contribution in [0.2, 0.25) is 0 Å². The molecular weight excluding hydrogens is 350 g/mol. The fraction of sp³-hybridized carbons (Fsp3) is 0.417. The zero-order valence-electron chi connectivity index (χ0n) is 16.7. The molecule has 0 saturated carbocycles. The molecule has 0 aliphatic carbocycles. The lowest BCUT2D eigenvalue weighted by Gasteiger charge is -2.38. The van der Waals surface area contributed by atoms with E-state index in [2.05, 4.69) is 13.8 Å². The van der Waals surface area contributed by atoms with Gasteiger partial charge in [-0.2, -0.15) is 0 Å². The molecule has 2 aromatic carbocycles. The van der Waals surface area contributed by atoms with E-state index in [-0.39, 0.29) is 42.9 Å². The quantitative estimate of drug-likeness (QED) is 0.692. The lowest BCUT2D eigenvalue weighted by Crippen LogP contribution is -2.49. The van der Waals surface area contributed by atoms with Crippen LogP contribution in [0.1, 0.15) is 56.6 Å². The van der Waals surface area contributed by atoms with Crippen LogP contribution >= 0.6 is 0 Å². The first-order valence-electron chi connectivity index (χ1n) is 10.1. The molecule has 1 fully saturated rings. The second-order valence-corrected chi connectivity index (χ2v) is 7.67. The number of ether oxygens (including phenoxy) is 1. The third-order valence-electron chi connectivity index (χ3n) is 5.61. The van der Waals surface area contributed by atoms with Gasteiger partial charge in [-0.3, -0.25) is 9.59 Å². The lowest BCUT2D eigenvalue weighted by atomic mass is 9.89. The van der Waals surface area contributed by atoms with Gasteiger partial charge in [-0.05, 0) is 44.2 Å². The highest BCUT2D eigenvalue weighted by atomic mass is 16.5. The van der Waals surface area contributed by atoms with Crippen LogP contribution in [-0.2, 0) is 14.3 Å². The molecule has 0 aromatic heterocycles. The summed E-state index contributed by atoms with van der Waals surface area (Å²) in [4.78, 5) is 27.0. The maximum Gasteiger partial charge on any atom is 0.307 e. The van der Waals surface area contributed by atoms with Crippen LogP contribution in [-0.4, -0.2) is 35.5 Å². The molecule has 1 saturated heterocycles. The Kier molecular flexibility index (Phi) is 6.85. The Morgan fingerprint density at radius 2 is 1.43 bits per heavy atom. The van der Waals surface area contributed by atoms with Crippen LogP contribution < -0.4 is 0 Å². The summed E-state index contributed by atoms with van der Waals surface area (Å²) in [5.41, 5.74) is 2.13. The van der Waals surface area contributed by atoms with Crippen molar-refractivity contribution in [3.8, 4) is 0 Å². The zero-order chi connectivity index (χ0) is 19.9. The van der Waals surface area contributed by atoms with Crippen LogP contribution in [0.3, 0.4) is 0 Å². The van der Waals surface area contributed by atoms with Crippen LogP contribution in [0.15, 0.2) is 60.7 Å². The van der Waals surface area contributed by atoms with Gasteiger partial charge in [-0.15, -0.1) is 0 Å². The van der Waals surface area contributed by atoms with Gasteiger partial charge in [0.1, 0.15) is 0 Å². The molecule has 1 heterocycles. The van der Waals surface area contributed by atoms with E-state index in [4.69, 9.17) is 4.74 Å². The van der Waals surface area contributed by atoms with E-state index >= 15 is 0 Å². The highest BCUT2D eigenvalue weighted by molar-refractivity contribution is 5.81. The van der Waals surface area contributed by atoms with Crippen molar-refractivity contribution >= 4 is 11.9 Å². The van der Waals surface area contributed by atoms with E-state index in [0.29, 0.717) is 0 Å². The highest BCUT2D eigenvalue weighted by Crippen LogP contribution is 2.28. The van der Waals surface area contributed by atoms with Crippen LogP contribution in [0.25, 0.3) is 0 Å². The Bertz CT molecular complexity index is 725. The number of carbonyl (C=O) groups excluding carboxylic acids is 2. The van der Waals surface area contributed by atoms with Gasteiger partial charge in [0.05, 0.1) is 6.42 Å². The lowest BCUT2D eigenvalue weighted by molar-refractivity contribution is -0.155. The molecule has 28 heavy (non-hydrogen) atoms. The summed E-state index contributed by atoms with van der Waals surface area (Å²) < 4.78 is 5.40. The summed E-state index contributed by atoms with van der Waals surface area (Å²) in [6, 6.07) is 20.3. The summed E-state index contributed by atoms with van der Waals surface area (Å²) in [7, 11) is 0. The van der Waals surface area contributed by atoms with Crippen LogP contribution in [0.4, 0.5) is 0 Å². The average molecular weight is 380 g/mol. The third-order valence-corrected chi connectivity index (χ3v) is 5.61. The van der Waals surface area contributed by atoms with Crippen molar-refractivity contribution in [3.05, 3.63) is 71.8 Å². The van der Waals surface area contributed by atoms with Crippen molar-refractivity contribution in [1.29, 1.82) is 0 Å². The molecule has 3 rings (SSSR count). The zero-order valence-corrected chi connectivity index (χ0v) is 16.7. The largest absolute Gasteiger partial charge is 0.456 e. The third kappa shape index (κ3) is 5.00. The van der Waals surface area contributed by atoms with Crippen molar-refractivity contribution in [2.45, 2.75) is 57.5 Å². The Morgan fingerprint density at radius 1 is 0.929 bits per heavy atom. The summed E-state index contributed by atoms with van der Waals surface area (Å²) in [5.74, 6) is -0.523. The minimum Gasteiger partial charge on any atom is -0.456 e. The first-order valence-corrected chi connectivity index (χ1v) is 10.1. The van der Waals surface area contributed by atoms with Crippen molar-refractivity contribution in [3.63, 3.8) is 0 Å². The van der Waals surface area contributed by atoms with Gasteiger partial charge in [0, 0.05) is 18.0 Å². The topological polar surface area (TPSA) is 46.6 Å². The molecule has 148 valence electrons. The Balaban J connectivity index is 1.63. The van der Waals surface area contributed by atoms with Crippen LogP contribution in [0.5, 0.6) is 0 Å². The summed E-state index contributed by atoms with van der Waals surface area (Å²) in [6.07, 6.45) is 3.37. The Morgan fingerprint density at radius 3 is 1.93 bits per heavy atom. The van der Waals surface area contributed by atoms with Crippen LogP contribution in [0, 0.1) is 0 Å². The number of amides is 1. The second-order valence-electron chi connectivity index (χ2n) is 7.67. The first-order chi connectivity index (χ1) is 13.6. The van der Waals surface area contributed by atoms with Gasteiger partial charge in [-0.25, -0.2) is 0 Å². The highest BCUT2D eigenvalue weighted by Gasteiger charge is 2.29. The molecule has 2 aromatic rings. The van der Waals surface area contributed by atoms with Crippen molar-refractivity contribution in [1.82, 2.24) is 4.90 Å². The molecule has 0 radical (unpaired) electrons. The molecule has 4 heteroatoms. The van der Waals surface area contributed by atoms with E-state index < -0.39 is 0 Å². The fourth-order valence-electron chi connectivity index (χ4n) is 4.15. The SMILES string of the molecule is CC1CCCC(C)N1C(=O)COC(=O)CC(c1ccccc1)c1ccccc1. The number of esters is 1. The van der Waals surface area contributed by atoms with E-state index in [1.54, 1.807) is 0 Å². The normalized spacial score (nSPS) is 19.5. The molecule has 0 N–H and O–H groups in total. The molecule has 2 unspecified atom stereocenters. The van der Waals surface area contributed by atoms with Crippen molar-refractivity contribution in [2.24, 2.45) is 0 Å². The van der Waals surface area contributed by atoms with Gasteiger partial charge in [-0.1, -0.05) is 60.7 Å². The summed E-state index contributed by atoms with van der Waals surface area (Å²) in [6.45, 7) is 3.95. The fourth-order valence-corrected chi connectivity index (χ4v) is 4.15. The predicted molar refractivity (Wildman–Crippen MR) is 110 cm³/mol. The van der Waals surface area contributed by atoms with Gasteiger partial charge in [0.15, 0.2) is 6.61 Å². The number of rotatable bonds is 6. The molecule has 0 bridgehead atoms. The maximum atomic E-state index is 12.6. The molecule has 0 spiro atoms.